The normalized spacial score (nSPS) is 17.5. The Hall–Kier alpha value is -3.03. The van der Waals surface area contributed by atoms with Crippen LogP contribution in [0.4, 0.5) is 0 Å². The van der Waals surface area contributed by atoms with Crippen LogP contribution in [-0.2, 0) is 11.2 Å². The summed E-state index contributed by atoms with van der Waals surface area (Å²) in [7, 11) is 3.26. The Bertz CT molecular complexity index is 1150. The smallest absolute Gasteiger partial charge is 0.256 e. The van der Waals surface area contributed by atoms with Gasteiger partial charge in [-0.2, -0.15) is 0 Å². The van der Waals surface area contributed by atoms with Gasteiger partial charge < -0.3 is 26.1 Å². The summed E-state index contributed by atoms with van der Waals surface area (Å²) in [6, 6.07) is 9.89. The van der Waals surface area contributed by atoms with Crippen molar-refractivity contribution < 1.29 is 14.3 Å². The van der Waals surface area contributed by atoms with Crippen molar-refractivity contribution in [2.75, 3.05) is 20.7 Å². The van der Waals surface area contributed by atoms with Crippen LogP contribution in [0, 0.1) is 5.41 Å². The molecule has 7 nitrogen and oxygen atoms in total. The number of rotatable bonds is 6. The largest absolute Gasteiger partial charge is 0.495 e. The Balaban J connectivity index is 1.94. The highest BCUT2D eigenvalue weighted by molar-refractivity contribution is 6.35. The molecule has 2 aromatic rings. The Morgan fingerprint density at radius 3 is 2.64 bits per heavy atom. The Kier molecular flexibility index (Phi) is 7.66. The fraction of sp³-hybridized carbons (Fsp3) is 0.292. The number of carbonyl (C=O) groups is 2. The Labute approximate surface area is 203 Å². The summed E-state index contributed by atoms with van der Waals surface area (Å²) < 4.78 is 5.23. The van der Waals surface area contributed by atoms with Crippen LogP contribution in [0.2, 0.25) is 10.0 Å². The van der Waals surface area contributed by atoms with E-state index in [1.54, 1.807) is 42.3 Å². The zero-order chi connectivity index (χ0) is 24.3. The maximum Gasteiger partial charge on any atom is 0.256 e. The van der Waals surface area contributed by atoms with Gasteiger partial charge in [0.2, 0.25) is 5.91 Å². The standard InChI is InChI=1S/C24H26Cl2N4O3/c1-13-22(28)18(23(29-2)15-9-14(11-20(27)31)10-16(25)12-15)7-8-30(13)24(32)17-5-4-6-19(33-3)21(17)26/h4-6,9-10,12-13,28-29H,7-8,11H2,1-3H3,(H2,27,31)/b23-18-,28-22?. The lowest BCUT2D eigenvalue weighted by molar-refractivity contribution is -0.117. The van der Waals surface area contributed by atoms with Crippen molar-refractivity contribution in [1.29, 1.82) is 5.41 Å². The van der Waals surface area contributed by atoms with E-state index >= 15 is 0 Å². The molecule has 3 rings (SSSR count). The number of nitrogens with zero attached hydrogens (tertiary/aromatic N) is 1. The van der Waals surface area contributed by atoms with Gasteiger partial charge in [-0.25, -0.2) is 0 Å². The number of nitrogens with one attached hydrogen (secondary N) is 2. The van der Waals surface area contributed by atoms with Crippen LogP contribution in [-0.4, -0.2) is 49.2 Å². The number of amides is 2. The second-order valence-corrected chi connectivity index (χ2v) is 8.57. The molecule has 1 fully saturated rings. The van der Waals surface area contributed by atoms with Crippen molar-refractivity contribution >= 4 is 46.4 Å². The van der Waals surface area contributed by atoms with Crippen molar-refractivity contribution in [3.8, 4) is 5.75 Å². The van der Waals surface area contributed by atoms with Crippen LogP contribution >= 0.6 is 23.2 Å². The summed E-state index contributed by atoms with van der Waals surface area (Å²) >= 11 is 12.6. The fourth-order valence-corrected chi connectivity index (χ4v) is 4.60. The van der Waals surface area contributed by atoms with Gasteiger partial charge in [-0.1, -0.05) is 29.3 Å². The van der Waals surface area contributed by atoms with Gasteiger partial charge in [0.1, 0.15) is 5.75 Å². The summed E-state index contributed by atoms with van der Waals surface area (Å²) in [6.45, 7) is 2.22. The maximum absolute atomic E-state index is 13.2. The first-order valence-corrected chi connectivity index (χ1v) is 11.1. The average Bonchev–Trinajstić information content (AvgIpc) is 2.76. The SMILES string of the molecule is CN/C(=C1/CCN(C(=O)c2cccc(OC)c2Cl)C(C)C1=N)c1cc(Cl)cc(CC(N)=O)c1. The molecule has 174 valence electrons. The molecule has 1 unspecified atom stereocenters. The minimum absolute atomic E-state index is 0.0668. The maximum atomic E-state index is 13.2. The van der Waals surface area contributed by atoms with Gasteiger partial charge in [-0.05, 0) is 54.8 Å². The number of hydrogen-bond donors (Lipinski definition) is 3. The van der Waals surface area contributed by atoms with Crippen LogP contribution in [0.3, 0.4) is 0 Å². The topological polar surface area (TPSA) is 109 Å². The van der Waals surface area contributed by atoms with Gasteiger partial charge in [0, 0.05) is 29.9 Å². The molecule has 1 aliphatic heterocycles. The summed E-state index contributed by atoms with van der Waals surface area (Å²) in [5.41, 5.74) is 8.94. The number of methoxy groups -OCH3 is 1. The summed E-state index contributed by atoms with van der Waals surface area (Å²) in [5, 5.41) is 12.7. The van der Waals surface area contributed by atoms with Crippen molar-refractivity contribution in [2.24, 2.45) is 5.73 Å². The molecule has 1 saturated heterocycles. The van der Waals surface area contributed by atoms with Gasteiger partial charge in [-0.3, -0.25) is 9.59 Å². The first-order chi connectivity index (χ1) is 15.7. The summed E-state index contributed by atoms with van der Waals surface area (Å²) in [6.07, 6.45) is 0.529. The first kappa shape index (κ1) is 24.6. The molecule has 0 spiro atoms. The second-order valence-electron chi connectivity index (χ2n) is 7.75. The molecule has 4 N–H and O–H groups in total. The molecule has 33 heavy (non-hydrogen) atoms. The van der Waals surface area contributed by atoms with E-state index in [2.05, 4.69) is 5.32 Å². The molecule has 0 radical (unpaired) electrons. The minimum atomic E-state index is -0.476. The van der Waals surface area contributed by atoms with Crippen LogP contribution in [0.25, 0.3) is 5.70 Å². The second kappa shape index (κ2) is 10.3. The van der Waals surface area contributed by atoms with Gasteiger partial charge in [0.25, 0.3) is 5.91 Å². The number of nitrogens with two attached hydrogens (primary N) is 1. The lowest BCUT2D eigenvalue weighted by atomic mass is 9.90. The Morgan fingerprint density at radius 1 is 1.27 bits per heavy atom. The molecule has 1 aliphatic rings. The lowest BCUT2D eigenvalue weighted by Gasteiger charge is -2.36. The predicted octanol–water partition coefficient (Wildman–Crippen LogP) is 3.91. The molecular weight excluding hydrogens is 463 g/mol. The predicted molar refractivity (Wildman–Crippen MR) is 131 cm³/mol. The molecule has 0 saturated carbocycles. The highest BCUT2D eigenvalue weighted by Gasteiger charge is 2.33. The number of ether oxygens (including phenoxy) is 1. The van der Waals surface area contributed by atoms with Gasteiger partial charge in [-0.15, -0.1) is 0 Å². The highest BCUT2D eigenvalue weighted by atomic mass is 35.5. The van der Waals surface area contributed by atoms with Crippen molar-refractivity contribution in [3.05, 3.63) is 68.7 Å². The highest BCUT2D eigenvalue weighted by Crippen LogP contribution is 2.32. The number of halogens is 2. The molecule has 2 amide bonds. The van der Waals surface area contributed by atoms with E-state index in [1.165, 1.54) is 7.11 Å². The summed E-state index contributed by atoms with van der Waals surface area (Å²) in [5.74, 6) is -0.285. The van der Waals surface area contributed by atoms with Crippen molar-refractivity contribution in [1.82, 2.24) is 10.2 Å². The van der Waals surface area contributed by atoms with E-state index in [4.69, 9.17) is 39.1 Å². The van der Waals surface area contributed by atoms with E-state index in [9.17, 15) is 9.59 Å². The van der Waals surface area contributed by atoms with Crippen LogP contribution in [0.15, 0.2) is 42.0 Å². The van der Waals surface area contributed by atoms with Crippen molar-refractivity contribution in [3.63, 3.8) is 0 Å². The fourth-order valence-electron chi connectivity index (χ4n) is 4.06. The third-order valence-electron chi connectivity index (χ3n) is 5.66. The third kappa shape index (κ3) is 5.15. The van der Waals surface area contributed by atoms with Crippen LogP contribution in [0.5, 0.6) is 5.75 Å². The van der Waals surface area contributed by atoms with Gasteiger partial charge in [0.15, 0.2) is 0 Å². The van der Waals surface area contributed by atoms with E-state index < -0.39 is 11.9 Å². The number of carbonyl (C=O) groups excluding carboxylic acids is 2. The van der Waals surface area contributed by atoms with E-state index in [1.807, 2.05) is 13.0 Å². The molecule has 0 bridgehead atoms. The number of benzene rings is 2. The number of hydrogen-bond acceptors (Lipinski definition) is 5. The summed E-state index contributed by atoms with van der Waals surface area (Å²) in [4.78, 5) is 26.3. The van der Waals surface area contributed by atoms with E-state index in [0.717, 1.165) is 16.8 Å². The van der Waals surface area contributed by atoms with Crippen LogP contribution < -0.4 is 15.8 Å². The van der Waals surface area contributed by atoms with E-state index in [0.29, 0.717) is 40.6 Å². The lowest BCUT2D eigenvalue weighted by Crippen LogP contribution is -2.48. The average molecular weight is 489 g/mol. The molecule has 0 aromatic heterocycles. The first-order valence-electron chi connectivity index (χ1n) is 10.4. The van der Waals surface area contributed by atoms with Gasteiger partial charge >= 0.3 is 0 Å². The molecular formula is C24H26Cl2N4O3. The zero-order valence-electron chi connectivity index (χ0n) is 18.7. The quantitative estimate of drug-likeness (QED) is 0.572. The zero-order valence-corrected chi connectivity index (χ0v) is 20.2. The number of likely N-dealkylation sites (tertiary alicyclic amines) is 1. The van der Waals surface area contributed by atoms with E-state index in [-0.39, 0.29) is 17.4 Å². The number of primary amides is 1. The molecule has 1 atom stereocenters. The monoisotopic (exact) mass is 488 g/mol. The minimum Gasteiger partial charge on any atom is -0.495 e. The third-order valence-corrected chi connectivity index (χ3v) is 6.27. The number of piperidine rings is 1. The molecule has 2 aromatic carbocycles. The van der Waals surface area contributed by atoms with Crippen LogP contribution in [0.1, 0.15) is 34.8 Å². The van der Waals surface area contributed by atoms with Crippen molar-refractivity contribution in [2.45, 2.75) is 25.8 Å². The van der Waals surface area contributed by atoms with Gasteiger partial charge in [0.05, 0.1) is 35.9 Å². The Morgan fingerprint density at radius 2 is 2.00 bits per heavy atom. The molecule has 9 heteroatoms. The molecule has 1 heterocycles. The molecule has 0 aliphatic carbocycles.